The maximum absolute atomic E-state index is 14.8. The van der Waals surface area contributed by atoms with E-state index in [1.165, 1.54) is 50.6 Å². The Labute approximate surface area is 163 Å². The maximum atomic E-state index is 14.8. The van der Waals surface area contributed by atoms with Gasteiger partial charge in [0.1, 0.15) is 0 Å². The minimum Gasteiger partial charge on any atom is -0.494 e. The third-order valence-corrected chi connectivity index (χ3v) is 5.92. The zero-order valence-corrected chi connectivity index (χ0v) is 16.3. The molecule has 2 aromatic rings. The predicted molar refractivity (Wildman–Crippen MR) is 102 cm³/mol. The van der Waals surface area contributed by atoms with Gasteiger partial charge in [-0.15, -0.1) is 0 Å². The molecule has 0 aromatic heterocycles. The van der Waals surface area contributed by atoms with Gasteiger partial charge in [0.2, 0.25) is 5.82 Å². The predicted octanol–water partition coefficient (Wildman–Crippen LogP) is 7.38. The summed E-state index contributed by atoms with van der Waals surface area (Å²) in [6, 6.07) is 5.28. The van der Waals surface area contributed by atoms with E-state index < -0.39 is 23.3 Å². The maximum Gasteiger partial charge on any atom is 0.201 e. The monoisotopic (exact) mass is 394 g/mol. The average molecular weight is 394 g/mol. The molecule has 0 bridgehead atoms. The van der Waals surface area contributed by atoms with Crippen molar-refractivity contribution in [2.24, 2.45) is 5.92 Å². The SMILES string of the molecule is CCCCC1CCC(c2ccc(-c3ccc(OC)c(F)c3F)c(F)c2F)CC1. The summed E-state index contributed by atoms with van der Waals surface area (Å²) in [6.07, 6.45) is 7.27. The van der Waals surface area contributed by atoms with Crippen LogP contribution in [-0.2, 0) is 0 Å². The van der Waals surface area contributed by atoms with Gasteiger partial charge < -0.3 is 4.74 Å². The Morgan fingerprint density at radius 2 is 1.43 bits per heavy atom. The minimum atomic E-state index is -1.25. The van der Waals surface area contributed by atoms with Crippen molar-refractivity contribution >= 4 is 0 Å². The van der Waals surface area contributed by atoms with Crippen molar-refractivity contribution in [1.29, 1.82) is 0 Å². The lowest BCUT2D eigenvalue weighted by atomic mass is 9.76. The molecule has 0 N–H and O–H groups in total. The third kappa shape index (κ3) is 4.03. The highest BCUT2D eigenvalue weighted by Crippen LogP contribution is 2.41. The van der Waals surface area contributed by atoms with E-state index in [4.69, 9.17) is 4.74 Å². The second kappa shape index (κ2) is 8.97. The highest BCUT2D eigenvalue weighted by molar-refractivity contribution is 5.66. The Hall–Kier alpha value is -2.04. The highest BCUT2D eigenvalue weighted by Gasteiger charge is 2.27. The Morgan fingerprint density at radius 1 is 0.821 bits per heavy atom. The van der Waals surface area contributed by atoms with Gasteiger partial charge >= 0.3 is 0 Å². The standard InChI is InChI=1S/C23H26F4O/c1-3-4-5-14-6-8-15(9-7-14)16-10-11-17(21(25)20(16)24)18-12-13-19(28-2)23(27)22(18)26/h10-15H,3-9H2,1-2H3. The molecule has 0 amide bonds. The molecule has 0 aliphatic heterocycles. The number of ether oxygens (including phenoxy) is 1. The van der Waals surface area contributed by atoms with E-state index in [0.717, 1.165) is 25.7 Å². The summed E-state index contributed by atoms with van der Waals surface area (Å²) in [4.78, 5) is 0. The summed E-state index contributed by atoms with van der Waals surface area (Å²) in [5, 5.41) is 0. The summed E-state index contributed by atoms with van der Waals surface area (Å²) in [7, 11) is 1.21. The fourth-order valence-corrected chi connectivity index (χ4v) is 4.24. The molecule has 2 aromatic carbocycles. The van der Waals surface area contributed by atoms with Crippen molar-refractivity contribution in [2.45, 2.75) is 57.8 Å². The van der Waals surface area contributed by atoms with Gasteiger partial charge in [-0.25, -0.2) is 13.2 Å². The Bertz CT molecular complexity index is 826. The van der Waals surface area contributed by atoms with Crippen LogP contribution in [0.1, 0.15) is 63.4 Å². The van der Waals surface area contributed by atoms with Crippen LogP contribution in [0.15, 0.2) is 24.3 Å². The number of hydrogen-bond acceptors (Lipinski definition) is 1. The summed E-state index contributed by atoms with van der Waals surface area (Å²) in [5.74, 6) is -4.19. The fraction of sp³-hybridized carbons (Fsp3) is 0.478. The number of benzene rings is 2. The van der Waals surface area contributed by atoms with Crippen molar-refractivity contribution < 1.29 is 22.3 Å². The van der Waals surface area contributed by atoms with Crippen molar-refractivity contribution in [3.8, 4) is 16.9 Å². The van der Waals surface area contributed by atoms with Crippen LogP contribution >= 0.6 is 0 Å². The lowest BCUT2D eigenvalue weighted by Gasteiger charge is -2.29. The molecule has 28 heavy (non-hydrogen) atoms. The number of halogens is 4. The number of unbranched alkanes of at least 4 members (excludes halogenated alkanes) is 1. The summed E-state index contributed by atoms with van der Waals surface area (Å²) < 4.78 is 62.5. The summed E-state index contributed by atoms with van der Waals surface area (Å²) in [5.41, 5.74) is -0.258. The molecule has 1 fully saturated rings. The van der Waals surface area contributed by atoms with Gasteiger partial charge in [-0.1, -0.05) is 38.3 Å². The van der Waals surface area contributed by atoms with Crippen LogP contribution in [0, 0.1) is 29.2 Å². The summed E-state index contributed by atoms with van der Waals surface area (Å²) >= 11 is 0. The molecule has 0 radical (unpaired) electrons. The minimum absolute atomic E-state index is 0.0288. The molecule has 0 saturated heterocycles. The van der Waals surface area contributed by atoms with Crippen LogP contribution in [0.4, 0.5) is 17.6 Å². The zero-order chi connectivity index (χ0) is 20.3. The van der Waals surface area contributed by atoms with Gasteiger partial charge in [-0.05, 0) is 55.2 Å². The molecule has 5 heteroatoms. The van der Waals surface area contributed by atoms with E-state index in [9.17, 15) is 17.6 Å². The van der Waals surface area contributed by atoms with Crippen molar-refractivity contribution in [3.63, 3.8) is 0 Å². The normalized spacial score (nSPS) is 19.6. The first-order valence-corrected chi connectivity index (χ1v) is 9.98. The van der Waals surface area contributed by atoms with Gasteiger partial charge in [-0.2, -0.15) is 4.39 Å². The molecular weight excluding hydrogens is 368 g/mol. The number of methoxy groups -OCH3 is 1. The topological polar surface area (TPSA) is 9.23 Å². The van der Waals surface area contributed by atoms with Crippen LogP contribution in [-0.4, -0.2) is 7.11 Å². The molecule has 1 aliphatic rings. The third-order valence-electron chi connectivity index (χ3n) is 5.92. The first-order valence-electron chi connectivity index (χ1n) is 9.98. The second-order valence-corrected chi connectivity index (χ2v) is 7.63. The average Bonchev–Trinajstić information content (AvgIpc) is 2.71. The van der Waals surface area contributed by atoms with Gasteiger partial charge in [0.25, 0.3) is 0 Å². The van der Waals surface area contributed by atoms with E-state index >= 15 is 0 Å². The van der Waals surface area contributed by atoms with Gasteiger partial charge in [-0.3, -0.25) is 0 Å². The van der Waals surface area contributed by atoms with E-state index in [1.807, 2.05) is 0 Å². The van der Waals surface area contributed by atoms with Gasteiger partial charge in [0, 0.05) is 11.1 Å². The van der Waals surface area contributed by atoms with Crippen LogP contribution in [0.25, 0.3) is 11.1 Å². The quantitative estimate of drug-likeness (QED) is 0.464. The molecule has 1 saturated carbocycles. The second-order valence-electron chi connectivity index (χ2n) is 7.63. The zero-order valence-electron chi connectivity index (χ0n) is 16.3. The van der Waals surface area contributed by atoms with E-state index in [-0.39, 0.29) is 22.8 Å². The molecule has 3 rings (SSSR count). The molecule has 0 heterocycles. The largest absolute Gasteiger partial charge is 0.494 e. The number of rotatable bonds is 6. The van der Waals surface area contributed by atoms with Crippen molar-refractivity contribution in [2.75, 3.05) is 7.11 Å². The molecule has 1 nitrogen and oxygen atoms in total. The van der Waals surface area contributed by atoms with E-state index in [0.29, 0.717) is 11.5 Å². The van der Waals surface area contributed by atoms with Crippen molar-refractivity contribution in [1.82, 2.24) is 0 Å². The molecule has 0 atom stereocenters. The van der Waals surface area contributed by atoms with Crippen LogP contribution in [0.2, 0.25) is 0 Å². The first kappa shape index (κ1) is 20.7. The Balaban J connectivity index is 1.84. The first-order chi connectivity index (χ1) is 13.5. The van der Waals surface area contributed by atoms with Crippen LogP contribution in [0.5, 0.6) is 5.75 Å². The highest BCUT2D eigenvalue weighted by atomic mass is 19.2. The van der Waals surface area contributed by atoms with E-state index in [1.54, 1.807) is 0 Å². The molecule has 0 spiro atoms. The van der Waals surface area contributed by atoms with Crippen molar-refractivity contribution in [3.05, 3.63) is 53.1 Å². The Morgan fingerprint density at radius 3 is 2.04 bits per heavy atom. The fourth-order valence-electron chi connectivity index (χ4n) is 4.24. The Kier molecular flexibility index (Phi) is 6.63. The lowest BCUT2D eigenvalue weighted by Crippen LogP contribution is -2.15. The smallest absolute Gasteiger partial charge is 0.201 e. The molecule has 1 aliphatic carbocycles. The molecule has 152 valence electrons. The molecule has 0 unspecified atom stereocenters. The summed E-state index contributed by atoms with van der Waals surface area (Å²) in [6.45, 7) is 2.17. The van der Waals surface area contributed by atoms with Gasteiger partial charge in [0.05, 0.1) is 7.11 Å². The lowest BCUT2D eigenvalue weighted by molar-refractivity contribution is 0.299. The van der Waals surface area contributed by atoms with Crippen LogP contribution < -0.4 is 4.74 Å². The van der Waals surface area contributed by atoms with Crippen LogP contribution in [0.3, 0.4) is 0 Å². The van der Waals surface area contributed by atoms with Gasteiger partial charge in [0.15, 0.2) is 23.2 Å². The van der Waals surface area contributed by atoms with E-state index in [2.05, 4.69) is 6.92 Å². The molecular formula is C23H26F4O. The number of hydrogen-bond donors (Lipinski definition) is 0.